The van der Waals surface area contributed by atoms with Crippen LogP contribution in [0.5, 0.6) is 5.75 Å². The smallest absolute Gasteiger partial charge is 0.131 e. The van der Waals surface area contributed by atoms with Crippen LogP contribution in [0, 0.1) is 0 Å². The first-order valence-corrected chi connectivity index (χ1v) is 14.9. The van der Waals surface area contributed by atoms with Crippen molar-refractivity contribution in [3.8, 4) is 28.0 Å². The summed E-state index contributed by atoms with van der Waals surface area (Å²) >= 11 is 1.87. The molecule has 41 heavy (non-hydrogen) atoms. The Morgan fingerprint density at radius 2 is 1.34 bits per heavy atom. The topological polar surface area (TPSA) is 29.5 Å². The van der Waals surface area contributed by atoms with E-state index >= 15 is 0 Å². The van der Waals surface area contributed by atoms with Gasteiger partial charge in [0.25, 0.3) is 0 Å². The van der Waals surface area contributed by atoms with Crippen LogP contribution in [0.4, 0.5) is 0 Å². The number of aliphatic hydroxyl groups is 1. The number of benzene rings is 5. The van der Waals surface area contributed by atoms with E-state index in [0.29, 0.717) is 11.2 Å². The highest BCUT2D eigenvalue weighted by Gasteiger charge is 2.53. The monoisotopic (exact) mass is 548 g/mol. The summed E-state index contributed by atoms with van der Waals surface area (Å²) in [7, 11) is 7.20. The number of rotatable bonds is 3. The van der Waals surface area contributed by atoms with Crippen LogP contribution >= 0.6 is 11.3 Å². The number of thiophene rings is 1. The van der Waals surface area contributed by atoms with Crippen molar-refractivity contribution in [2.45, 2.75) is 44.3 Å². The summed E-state index contributed by atoms with van der Waals surface area (Å²) in [4.78, 5) is 0. The lowest BCUT2D eigenvalue weighted by molar-refractivity contribution is -0.0902. The first kappa shape index (κ1) is 24.9. The number of ether oxygens (including phenoxy) is 1. The Bertz CT molecular complexity index is 2060. The Kier molecular flexibility index (Phi) is 4.93. The minimum atomic E-state index is -1.07. The van der Waals surface area contributed by atoms with Crippen molar-refractivity contribution >= 4 is 44.8 Å². The maximum absolute atomic E-state index is 10.9. The number of fused-ring (bicyclic) bond motifs is 14. The second-order valence-electron chi connectivity index (χ2n) is 12.4. The number of hydrogen-bond acceptors (Lipinski definition) is 3. The Balaban J connectivity index is 1.50. The molecule has 5 aromatic carbocycles. The molecule has 1 atom stereocenters. The zero-order valence-corrected chi connectivity index (χ0v) is 24.4. The van der Waals surface area contributed by atoms with Gasteiger partial charge in [-0.1, -0.05) is 90.4 Å². The fraction of sp³-hybridized carbons (Fsp3) is 0.189. The van der Waals surface area contributed by atoms with Crippen LogP contribution in [0.25, 0.3) is 42.4 Å². The summed E-state index contributed by atoms with van der Waals surface area (Å²) in [6, 6.07) is 35.0. The molecule has 6 aromatic rings. The standard InChI is InChI=1S/C37H29BO2S/c1-35(2,39)36(3,4)40-29-20-18-23-21-11-5-8-14-26(21)37(32(23)33(29)38)27-15-9-6-13-25(27)31-28(37)19-17-24-22-12-7-10-16-30(22)41-34(24)31/h5-20,39H,1-4H3. The van der Waals surface area contributed by atoms with Gasteiger partial charge in [-0.2, -0.15) is 0 Å². The highest BCUT2D eigenvalue weighted by Crippen LogP contribution is 2.64. The second kappa shape index (κ2) is 8.12. The predicted octanol–water partition coefficient (Wildman–Crippen LogP) is 8.12. The molecule has 0 bridgehead atoms. The summed E-state index contributed by atoms with van der Waals surface area (Å²) in [6.45, 7) is 7.35. The van der Waals surface area contributed by atoms with E-state index in [-0.39, 0.29) is 0 Å². The van der Waals surface area contributed by atoms with E-state index in [1.165, 1.54) is 53.6 Å². The molecule has 2 radical (unpaired) electrons. The lowest BCUT2D eigenvalue weighted by Crippen LogP contribution is -2.50. The first-order valence-electron chi connectivity index (χ1n) is 14.1. The maximum Gasteiger partial charge on any atom is 0.131 e. The molecule has 1 spiro atoms. The fourth-order valence-electron chi connectivity index (χ4n) is 7.00. The molecule has 2 nitrogen and oxygen atoms in total. The zero-order valence-electron chi connectivity index (χ0n) is 23.6. The van der Waals surface area contributed by atoms with Gasteiger partial charge in [0.15, 0.2) is 0 Å². The number of hydrogen-bond donors (Lipinski definition) is 1. The predicted molar refractivity (Wildman–Crippen MR) is 172 cm³/mol. The van der Waals surface area contributed by atoms with Crippen LogP contribution in [-0.2, 0) is 5.41 Å². The van der Waals surface area contributed by atoms with Gasteiger partial charge in [-0.05, 0) is 78.8 Å². The molecule has 8 rings (SSSR count). The molecule has 2 aliphatic rings. The molecule has 0 fully saturated rings. The molecule has 0 amide bonds. The molecule has 4 heteroatoms. The largest absolute Gasteiger partial charge is 0.486 e. The van der Waals surface area contributed by atoms with Gasteiger partial charge < -0.3 is 9.84 Å². The Morgan fingerprint density at radius 3 is 2.10 bits per heavy atom. The molecule has 2 aliphatic carbocycles. The SMILES string of the molecule is [B]c1c(OC(C)(C)C(C)(C)O)ccc2c1C1(c3ccccc3-2)c2ccccc2-c2c1ccc1c2sc2ccccc21. The molecule has 198 valence electrons. The first-order chi connectivity index (χ1) is 19.6. The minimum absolute atomic E-state index is 0.579. The lowest BCUT2D eigenvalue weighted by atomic mass is 9.66. The van der Waals surface area contributed by atoms with Crippen molar-refractivity contribution in [3.63, 3.8) is 0 Å². The lowest BCUT2D eigenvalue weighted by Gasteiger charge is -2.39. The Hall–Kier alpha value is -3.86. The average Bonchev–Trinajstić information content (AvgIpc) is 3.58. The van der Waals surface area contributed by atoms with E-state index in [0.717, 1.165) is 11.1 Å². The summed E-state index contributed by atoms with van der Waals surface area (Å²) in [5.74, 6) is 0.594. The van der Waals surface area contributed by atoms with E-state index < -0.39 is 16.6 Å². The minimum Gasteiger partial charge on any atom is -0.486 e. The van der Waals surface area contributed by atoms with Crippen molar-refractivity contribution in [1.82, 2.24) is 0 Å². The van der Waals surface area contributed by atoms with Crippen LogP contribution in [0.2, 0.25) is 0 Å². The van der Waals surface area contributed by atoms with E-state index in [4.69, 9.17) is 12.6 Å². The molecular formula is C37H29BO2S. The molecule has 1 unspecified atom stereocenters. The second-order valence-corrected chi connectivity index (χ2v) is 13.4. The van der Waals surface area contributed by atoms with Crippen LogP contribution < -0.4 is 10.2 Å². The molecule has 1 N–H and O–H groups in total. The average molecular weight is 549 g/mol. The molecule has 0 saturated heterocycles. The summed E-state index contributed by atoms with van der Waals surface area (Å²) in [5.41, 5.74) is 7.80. The van der Waals surface area contributed by atoms with Gasteiger partial charge in [0, 0.05) is 25.7 Å². The molecule has 0 aliphatic heterocycles. The Morgan fingerprint density at radius 1 is 0.683 bits per heavy atom. The van der Waals surface area contributed by atoms with E-state index in [9.17, 15) is 5.11 Å². The molecular weight excluding hydrogens is 519 g/mol. The van der Waals surface area contributed by atoms with Gasteiger partial charge in [0.05, 0.1) is 11.0 Å². The van der Waals surface area contributed by atoms with Gasteiger partial charge in [0.2, 0.25) is 0 Å². The van der Waals surface area contributed by atoms with Gasteiger partial charge >= 0.3 is 0 Å². The molecule has 0 saturated carbocycles. The van der Waals surface area contributed by atoms with Crippen LogP contribution in [0.15, 0.2) is 97.1 Å². The third-order valence-electron chi connectivity index (χ3n) is 9.59. The van der Waals surface area contributed by atoms with Gasteiger partial charge in [-0.15, -0.1) is 11.3 Å². The van der Waals surface area contributed by atoms with Gasteiger partial charge in [-0.25, -0.2) is 0 Å². The maximum atomic E-state index is 10.9. The highest BCUT2D eigenvalue weighted by atomic mass is 32.1. The molecule has 1 aromatic heterocycles. The van der Waals surface area contributed by atoms with Crippen molar-refractivity contribution in [3.05, 3.63) is 119 Å². The van der Waals surface area contributed by atoms with Crippen LogP contribution in [0.3, 0.4) is 0 Å². The zero-order chi connectivity index (χ0) is 28.3. The van der Waals surface area contributed by atoms with E-state index in [2.05, 4.69) is 91.0 Å². The molecule has 1 heterocycles. The quantitative estimate of drug-likeness (QED) is 0.226. The van der Waals surface area contributed by atoms with E-state index in [1.807, 2.05) is 31.3 Å². The van der Waals surface area contributed by atoms with Crippen LogP contribution in [-0.4, -0.2) is 24.2 Å². The summed E-state index contributed by atoms with van der Waals surface area (Å²) in [5, 5.41) is 13.5. The van der Waals surface area contributed by atoms with E-state index in [1.54, 1.807) is 13.8 Å². The van der Waals surface area contributed by atoms with Crippen molar-refractivity contribution in [2.24, 2.45) is 0 Å². The normalized spacial score (nSPS) is 17.1. The van der Waals surface area contributed by atoms with Crippen LogP contribution in [0.1, 0.15) is 49.9 Å². The fourth-order valence-corrected chi connectivity index (χ4v) is 8.26. The van der Waals surface area contributed by atoms with Crippen molar-refractivity contribution in [1.29, 1.82) is 0 Å². The third kappa shape index (κ3) is 3.07. The summed E-state index contributed by atoms with van der Waals surface area (Å²) in [6.07, 6.45) is 0. The third-order valence-corrected chi connectivity index (χ3v) is 10.8. The highest BCUT2D eigenvalue weighted by molar-refractivity contribution is 7.26. The Labute approximate surface area is 245 Å². The van der Waals surface area contributed by atoms with Crippen molar-refractivity contribution in [2.75, 3.05) is 0 Å². The van der Waals surface area contributed by atoms with Gasteiger partial charge in [-0.3, -0.25) is 0 Å². The summed E-state index contributed by atoms with van der Waals surface area (Å²) < 4.78 is 9.15. The van der Waals surface area contributed by atoms with Crippen molar-refractivity contribution < 1.29 is 9.84 Å². The van der Waals surface area contributed by atoms with Gasteiger partial charge in [0.1, 0.15) is 19.2 Å².